The first-order valence-corrected chi connectivity index (χ1v) is 10.4. The molecule has 0 fully saturated rings. The van der Waals surface area contributed by atoms with Crippen molar-refractivity contribution in [2.75, 3.05) is 13.2 Å². The second kappa shape index (κ2) is 8.61. The van der Waals surface area contributed by atoms with Gasteiger partial charge in [-0.2, -0.15) is 0 Å². The van der Waals surface area contributed by atoms with Gasteiger partial charge in [0.25, 0.3) is 0 Å². The summed E-state index contributed by atoms with van der Waals surface area (Å²) in [5.41, 5.74) is 3.59. The lowest BCUT2D eigenvalue weighted by Gasteiger charge is -2.16. The lowest BCUT2D eigenvalue weighted by atomic mass is 9.92. The summed E-state index contributed by atoms with van der Waals surface area (Å²) in [6.45, 7) is 1.47. The van der Waals surface area contributed by atoms with Gasteiger partial charge in [0.15, 0.2) is 0 Å². The summed E-state index contributed by atoms with van der Waals surface area (Å²) < 4.78 is 33.1. The van der Waals surface area contributed by atoms with Crippen molar-refractivity contribution in [3.63, 3.8) is 0 Å². The molecular weight excluding hydrogens is 334 g/mol. The largest absolute Gasteiger partial charge is 0.377 e. The van der Waals surface area contributed by atoms with Crippen LogP contribution in [0.1, 0.15) is 36.0 Å². The normalized spacial score (nSPS) is 14.2. The Labute approximate surface area is 150 Å². The van der Waals surface area contributed by atoms with Crippen molar-refractivity contribution in [1.82, 2.24) is 4.72 Å². The molecular formula is C20H25NO3S. The number of benzene rings is 2. The molecule has 0 amide bonds. The van der Waals surface area contributed by atoms with E-state index in [0.29, 0.717) is 31.1 Å². The number of hydrogen-bond donors (Lipinski definition) is 1. The van der Waals surface area contributed by atoms with E-state index >= 15 is 0 Å². The van der Waals surface area contributed by atoms with Crippen LogP contribution in [0.25, 0.3) is 0 Å². The van der Waals surface area contributed by atoms with E-state index in [1.807, 2.05) is 42.5 Å². The molecule has 1 aliphatic carbocycles. The van der Waals surface area contributed by atoms with E-state index in [1.165, 1.54) is 17.5 Å². The van der Waals surface area contributed by atoms with E-state index in [2.05, 4.69) is 4.72 Å². The van der Waals surface area contributed by atoms with Crippen molar-refractivity contribution in [2.24, 2.45) is 0 Å². The first-order chi connectivity index (χ1) is 12.1. The zero-order valence-electron chi connectivity index (χ0n) is 14.4. The van der Waals surface area contributed by atoms with Crippen LogP contribution in [-0.2, 0) is 34.2 Å². The predicted molar refractivity (Wildman–Crippen MR) is 99.0 cm³/mol. The van der Waals surface area contributed by atoms with Gasteiger partial charge in [-0.1, -0.05) is 36.4 Å². The highest BCUT2D eigenvalue weighted by Gasteiger charge is 2.17. The van der Waals surface area contributed by atoms with Crippen LogP contribution < -0.4 is 4.72 Å². The summed E-state index contributed by atoms with van der Waals surface area (Å²) in [6, 6.07) is 15.5. The molecule has 1 N–H and O–H groups in total. The molecule has 0 spiro atoms. The van der Waals surface area contributed by atoms with Gasteiger partial charge in [0.1, 0.15) is 0 Å². The third-order valence-electron chi connectivity index (χ3n) is 4.50. The molecule has 3 rings (SSSR count). The number of fused-ring (bicyclic) bond motifs is 1. The quantitative estimate of drug-likeness (QED) is 0.735. The van der Waals surface area contributed by atoms with Crippen molar-refractivity contribution in [3.8, 4) is 0 Å². The standard InChI is InChI=1S/C20H25NO3S/c22-25(23,20-12-11-18-9-4-5-10-19(18)15-20)21-13-6-14-24-16-17-7-2-1-3-8-17/h1-3,7-8,11-12,15,21H,4-6,9-10,13-14,16H2. The molecule has 0 atom stereocenters. The summed E-state index contributed by atoms with van der Waals surface area (Å²) >= 11 is 0. The molecule has 2 aromatic carbocycles. The SMILES string of the molecule is O=S(=O)(NCCCOCc1ccccc1)c1ccc2c(c1)CCCC2. The zero-order valence-corrected chi connectivity index (χ0v) is 15.2. The minimum Gasteiger partial charge on any atom is -0.377 e. The van der Waals surface area contributed by atoms with Crippen molar-refractivity contribution in [1.29, 1.82) is 0 Å². The van der Waals surface area contributed by atoms with Gasteiger partial charge in [-0.05, 0) is 60.9 Å². The maximum atomic E-state index is 12.4. The first-order valence-electron chi connectivity index (χ1n) is 8.88. The fraction of sp³-hybridized carbons (Fsp3) is 0.400. The van der Waals surface area contributed by atoms with Gasteiger partial charge in [-0.25, -0.2) is 13.1 Å². The maximum Gasteiger partial charge on any atom is 0.240 e. The molecule has 4 nitrogen and oxygen atoms in total. The van der Waals surface area contributed by atoms with Gasteiger partial charge >= 0.3 is 0 Å². The van der Waals surface area contributed by atoms with Crippen LogP contribution in [0.15, 0.2) is 53.4 Å². The first kappa shape index (κ1) is 18.1. The molecule has 5 heteroatoms. The van der Waals surface area contributed by atoms with E-state index in [-0.39, 0.29) is 0 Å². The van der Waals surface area contributed by atoms with Crippen LogP contribution in [0.3, 0.4) is 0 Å². The average Bonchev–Trinajstić information content (AvgIpc) is 2.65. The fourth-order valence-corrected chi connectivity index (χ4v) is 4.23. The molecule has 134 valence electrons. The van der Waals surface area contributed by atoms with Gasteiger partial charge < -0.3 is 4.74 Å². The smallest absolute Gasteiger partial charge is 0.240 e. The Kier molecular flexibility index (Phi) is 6.24. The summed E-state index contributed by atoms with van der Waals surface area (Å²) in [4.78, 5) is 0.373. The van der Waals surface area contributed by atoms with Crippen molar-refractivity contribution in [3.05, 3.63) is 65.2 Å². The second-order valence-electron chi connectivity index (χ2n) is 6.43. The van der Waals surface area contributed by atoms with E-state index in [0.717, 1.165) is 24.8 Å². The Hall–Kier alpha value is -1.69. The van der Waals surface area contributed by atoms with Crippen LogP contribution in [-0.4, -0.2) is 21.6 Å². The van der Waals surface area contributed by atoms with Gasteiger partial charge in [-0.15, -0.1) is 0 Å². The topological polar surface area (TPSA) is 55.4 Å². The number of aryl methyl sites for hydroxylation is 2. The molecule has 0 aromatic heterocycles. The number of ether oxygens (including phenoxy) is 1. The summed E-state index contributed by atoms with van der Waals surface area (Å²) in [7, 11) is -3.44. The van der Waals surface area contributed by atoms with Crippen LogP contribution in [0, 0.1) is 0 Å². The van der Waals surface area contributed by atoms with Gasteiger partial charge in [0.2, 0.25) is 10.0 Å². The van der Waals surface area contributed by atoms with E-state index in [1.54, 1.807) is 6.07 Å². The zero-order chi connectivity index (χ0) is 17.5. The Bertz CT molecular complexity index is 788. The molecule has 0 saturated heterocycles. The lowest BCUT2D eigenvalue weighted by molar-refractivity contribution is 0.119. The Balaban J connectivity index is 1.44. The van der Waals surface area contributed by atoms with Crippen LogP contribution in [0.5, 0.6) is 0 Å². The molecule has 0 heterocycles. The van der Waals surface area contributed by atoms with E-state index in [4.69, 9.17) is 4.74 Å². The molecule has 0 radical (unpaired) electrons. The number of sulfonamides is 1. The lowest BCUT2D eigenvalue weighted by Crippen LogP contribution is -2.26. The summed E-state index contributed by atoms with van der Waals surface area (Å²) in [5.74, 6) is 0. The predicted octanol–water partition coefficient (Wildman–Crippen LogP) is 3.45. The minimum absolute atomic E-state index is 0.373. The highest BCUT2D eigenvalue weighted by atomic mass is 32.2. The number of rotatable bonds is 8. The highest BCUT2D eigenvalue weighted by Crippen LogP contribution is 2.23. The number of hydrogen-bond acceptors (Lipinski definition) is 3. The van der Waals surface area contributed by atoms with Crippen LogP contribution in [0.4, 0.5) is 0 Å². The van der Waals surface area contributed by atoms with Gasteiger partial charge in [-0.3, -0.25) is 0 Å². The molecule has 0 unspecified atom stereocenters. The van der Waals surface area contributed by atoms with Crippen molar-refractivity contribution in [2.45, 2.75) is 43.6 Å². The van der Waals surface area contributed by atoms with Crippen molar-refractivity contribution < 1.29 is 13.2 Å². The monoisotopic (exact) mass is 359 g/mol. The third kappa shape index (κ3) is 5.14. The highest BCUT2D eigenvalue weighted by molar-refractivity contribution is 7.89. The third-order valence-corrected chi connectivity index (χ3v) is 5.96. The average molecular weight is 359 g/mol. The molecule has 0 saturated carbocycles. The second-order valence-corrected chi connectivity index (χ2v) is 8.19. The van der Waals surface area contributed by atoms with Gasteiger partial charge in [0, 0.05) is 13.2 Å². The molecule has 25 heavy (non-hydrogen) atoms. The Morgan fingerprint density at radius 2 is 1.72 bits per heavy atom. The fourth-order valence-electron chi connectivity index (χ4n) is 3.11. The Morgan fingerprint density at radius 3 is 2.52 bits per heavy atom. The van der Waals surface area contributed by atoms with Crippen molar-refractivity contribution >= 4 is 10.0 Å². The minimum atomic E-state index is -3.44. The molecule has 2 aromatic rings. The molecule has 0 aliphatic heterocycles. The van der Waals surface area contributed by atoms with Crippen LogP contribution in [0.2, 0.25) is 0 Å². The Morgan fingerprint density at radius 1 is 0.960 bits per heavy atom. The maximum absolute atomic E-state index is 12.4. The number of nitrogens with one attached hydrogen (secondary N) is 1. The van der Waals surface area contributed by atoms with Gasteiger partial charge in [0.05, 0.1) is 11.5 Å². The summed E-state index contributed by atoms with van der Waals surface area (Å²) in [5, 5.41) is 0. The van der Waals surface area contributed by atoms with E-state index < -0.39 is 10.0 Å². The molecule has 1 aliphatic rings. The summed E-state index contributed by atoms with van der Waals surface area (Å²) in [6.07, 6.45) is 5.02. The molecule has 0 bridgehead atoms. The van der Waals surface area contributed by atoms with Crippen LogP contribution >= 0.6 is 0 Å². The van der Waals surface area contributed by atoms with E-state index in [9.17, 15) is 8.42 Å².